The topological polar surface area (TPSA) is 81.4 Å². The number of rotatable bonds is 6. The lowest BCUT2D eigenvalue weighted by molar-refractivity contribution is 0.433. The molecule has 0 fully saturated rings. The highest BCUT2D eigenvalue weighted by Gasteiger charge is 2.20. The highest BCUT2D eigenvalue weighted by atomic mass is 32.2. The van der Waals surface area contributed by atoms with Gasteiger partial charge in [-0.1, -0.05) is 35.5 Å². The molecule has 0 unspecified atom stereocenters. The maximum absolute atomic E-state index is 12.8. The van der Waals surface area contributed by atoms with Gasteiger partial charge in [0, 0.05) is 6.07 Å². The van der Waals surface area contributed by atoms with Crippen molar-refractivity contribution in [3.05, 3.63) is 79.0 Å². The van der Waals surface area contributed by atoms with E-state index < -0.39 is 10.0 Å². The zero-order chi connectivity index (χ0) is 18.7. The number of nitrogens with one attached hydrogen (secondary N) is 1. The van der Waals surface area contributed by atoms with Gasteiger partial charge in [0.05, 0.1) is 16.8 Å². The predicted octanol–water partition coefficient (Wildman–Crippen LogP) is 5.00. The molecule has 1 N–H and O–H groups in total. The minimum absolute atomic E-state index is 0.170. The number of ether oxygens (including phenoxy) is 1. The van der Waals surface area contributed by atoms with Crippen LogP contribution in [0.5, 0.6) is 11.5 Å². The van der Waals surface area contributed by atoms with Gasteiger partial charge in [-0.15, -0.1) is 11.3 Å². The SMILES string of the molecule is O=S(=O)(Nc1ccccc1Oc1ccccc1)c1ccc(-c2ccno2)s1. The molecule has 2 aromatic carbocycles. The van der Waals surface area contributed by atoms with E-state index in [2.05, 4.69) is 9.88 Å². The van der Waals surface area contributed by atoms with Gasteiger partial charge < -0.3 is 9.26 Å². The van der Waals surface area contributed by atoms with E-state index in [1.54, 1.807) is 48.5 Å². The molecule has 27 heavy (non-hydrogen) atoms. The van der Waals surface area contributed by atoms with E-state index in [9.17, 15) is 8.42 Å². The Kier molecular flexibility index (Phi) is 4.66. The Morgan fingerprint density at radius 2 is 1.70 bits per heavy atom. The summed E-state index contributed by atoms with van der Waals surface area (Å²) in [4.78, 5) is 0.682. The molecule has 4 rings (SSSR count). The summed E-state index contributed by atoms with van der Waals surface area (Å²) >= 11 is 1.10. The van der Waals surface area contributed by atoms with Gasteiger partial charge in [0.15, 0.2) is 11.5 Å². The van der Waals surface area contributed by atoms with Crippen LogP contribution in [0.2, 0.25) is 0 Å². The fourth-order valence-electron chi connectivity index (χ4n) is 2.39. The number of hydrogen-bond donors (Lipinski definition) is 1. The Labute approximate surface area is 160 Å². The average Bonchev–Trinajstić information content (AvgIpc) is 3.36. The first-order valence-electron chi connectivity index (χ1n) is 7.97. The molecule has 136 valence electrons. The van der Waals surface area contributed by atoms with Crippen molar-refractivity contribution in [3.63, 3.8) is 0 Å². The fourth-order valence-corrected chi connectivity index (χ4v) is 4.72. The van der Waals surface area contributed by atoms with E-state index in [0.29, 0.717) is 27.8 Å². The maximum atomic E-state index is 12.8. The Bertz CT molecular complexity index is 1140. The molecule has 8 heteroatoms. The van der Waals surface area contributed by atoms with Gasteiger partial charge in [-0.25, -0.2) is 8.42 Å². The molecule has 2 aromatic heterocycles. The van der Waals surface area contributed by atoms with Crippen LogP contribution in [0.25, 0.3) is 10.6 Å². The van der Waals surface area contributed by atoms with Crippen LogP contribution in [0.1, 0.15) is 0 Å². The molecular formula is C19H14N2O4S2. The van der Waals surface area contributed by atoms with Crippen LogP contribution in [0.15, 0.2) is 87.7 Å². The Hall–Kier alpha value is -3.10. The van der Waals surface area contributed by atoms with Crippen LogP contribution in [-0.4, -0.2) is 13.6 Å². The summed E-state index contributed by atoms with van der Waals surface area (Å²) in [6.07, 6.45) is 1.51. The van der Waals surface area contributed by atoms with Crippen LogP contribution in [0.4, 0.5) is 5.69 Å². The second-order valence-electron chi connectivity index (χ2n) is 5.51. The third kappa shape index (κ3) is 3.86. The predicted molar refractivity (Wildman–Crippen MR) is 104 cm³/mol. The van der Waals surface area contributed by atoms with Crippen LogP contribution in [0.3, 0.4) is 0 Å². The third-order valence-corrected chi connectivity index (χ3v) is 6.59. The zero-order valence-electron chi connectivity index (χ0n) is 13.9. The van der Waals surface area contributed by atoms with Crippen LogP contribution >= 0.6 is 11.3 Å². The number of aromatic nitrogens is 1. The summed E-state index contributed by atoms with van der Waals surface area (Å²) < 4.78 is 39.2. The summed E-state index contributed by atoms with van der Waals surface area (Å²) in [5, 5.41) is 3.64. The van der Waals surface area contributed by atoms with Gasteiger partial charge in [-0.3, -0.25) is 4.72 Å². The first-order chi connectivity index (χ1) is 13.1. The highest BCUT2D eigenvalue weighted by molar-refractivity contribution is 7.94. The van der Waals surface area contributed by atoms with E-state index in [-0.39, 0.29) is 4.21 Å². The number of anilines is 1. The smallest absolute Gasteiger partial charge is 0.271 e. The Morgan fingerprint density at radius 3 is 2.48 bits per heavy atom. The van der Waals surface area contributed by atoms with Crippen molar-refractivity contribution in [3.8, 4) is 22.1 Å². The lowest BCUT2D eigenvalue weighted by atomic mass is 10.3. The molecule has 0 spiro atoms. The second-order valence-corrected chi connectivity index (χ2v) is 8.51. The Balaban J connectivity index is 1.60. The number of benzene rings is 2. The van der Waals surface area contributed by atoms with Crippen molar-refractivity contribution < 1.29 is 17.7 Å². The van der Waals surface area contributed by atoms with Crippen molar-refractivity contribution in [2.45, 2.75) is 4.21 Å². The van der Waals surface area contributed by atoms with Gasteiger partial charge in [0.1, 0.15) is 9.96 Å². The van der Waals surface area contributed by atoms with Gasteiger partial charge >= 0.3 is 0 Å². The molecule has 0 atom stereocenters. The summed E-state index contributed by atoms with van der Waals surface area (Å²) in [7, 11) is -3.77. The van der Waals surface area contributed by atoms with Crippen molar-refractivity contribution in [2.24, 2.45) is 0 Å². The van der Waals surface area contributed by atoms with Gasteiger partial charge in [-0.05, 0) is 36.4 Å². The molecular weight excluding hydrogens is 384 g/mol. The molecule has 0 saturated carbocycles. The third-order valence-electron chi connectivity index (χ3n) is 3.63. The molecule has 6 nitrogen and oxygen atoms in total. The van der Waals surface area contributed by atoms with Gasteiger partial charge in [0.2, 0.25) is 0 Å². The summed E-state index contributed by atoms with van der Waals surface area (Å²) in [5.74, 6) is 1.56. The van der Waals surface area contributed by atoms with E-state index in [4.69, 9.17) is 9.26 Å². The van der Waals surface area contributed by atoms with Gasteiger partial charge in [-0.2, -0.15) is 0 Å². The number of para-hydroxylation sites is 3. The normalized spacial score (nSPS) is 11.3. The number of hydrogen-bond acceptors (Lipinski definition) is 6. The van der Waals surface area contributed by atoms with E-state index in [0.717, 1.165) is 11.3 Å². The molecule has 4 aromatic rings. The first kappa shape index (κ1) is 17.3. The van der Waals surface area contributed by atoms with E-state index in [1.165, 1.54) is 12.3 Å². The minimum Gasteiger partial charge on any atom is -0.455 e. The van der Waals surface area contributed by atoms with Crippen LogP contribution in [-0.2, 0) is 10.0 Å². The van der Waals surface area contributed by atoms with Crippen molar-refractivity contribution in [1.82, 2.24) is 5.16 Å². The van der Waals surface area contributed by atoms with Crippen LogP contribution < -0.4 is 9.46 Å². The molecule has 0 bridgehead atoms. The summed E-state index contributed by atoms with van der Waals surface area (Å²) in [6, 6.07) is 21.0. The molecule has 2 heterocycles. The molecule has 0 aliphatic heterocycles. The Morgan fingerprint density at radius 1 is 0.926 bits per heavy atom. The van der Waals surface area contributed by atoms with Crippen molar-refractivity contribution in [1.29, 1.82) is 0 Å². The van der Waals surface area contributed by atoms with Crippen LogP contribution in [0, 0.1) is 0 Å². The van der Waals surface area contributed by atoms with Crippen molar-refractivity contribution >= 4 is 27.0 Å². The molecule has 0 radical (unpaired) electrons. The van der Waals surface area contributed by atoms with E-state index >= 15 is 0 Å². The lowest BCUT2D eigenvalue weighted by Gasteiger charge is -2.12. The van der Waals surface area contributed by atoms with Gasteiger partial charge in [0.25, 0.3) is 10.0 Å². The standard InChI is InChI=1S/C19H14N2O4S2/c22-27(23,19-11-10-18(26-19)17-12-13-20-25-17)21-15-8-4-5-9-16(15)24-14-6-2-1-3-7-14/h1-13,21H. The number of thiophene rings is 1. The zero-order valence-corrected chi connectivity index (χ0v) is 15.5. The summed E-state index contributed by atoms with van der Waals surface area (Å²) in [5.41, 5.74) is 0.357. The van der Waals surface area contributed by atoms with Crippen molar-refractivity contribution in [2.75, 3.05) is 4.72 Å². The van der Waals surface area contributed by atoms with E-state index in [1.807, 2.05) is 18.2 Å². The number of nitrogens with zero attached hydrogens (tertiary/aromatic N) is 1. The largest absolute Gasteiger partial charge is 0.455 e. The fraction of sp³-hybridized carbons (Fsp3) is 0. The molecule has 0 aliphatic rings. The maximum Gasteiger partial charge on any atom is 0.271 e. The molecule has 0 saturated heterocycles. The average molecular weight is 398 g/mol. The minimum atomic E-state index is -3.77. The quantitative estimate of drug-likeness (QED) is 0.494. The summed E-state index contributed by atoms with van der Waals surface area (Å²) in [6.45, 7) is 0. The highest BCUT2D eigenvalue weighted by Crippen LogP contribution is 2.34. The second kappa shape index (κ2) is 7.26. The lowest BCUT2D eigenvalue weighted by Crippen LogP contribution is -2.12. The number of sulfonamides is 1. The molecule has 0 aliphatic carbocycles. The monoisotopic (exact) mass is 398 g/mol. The molecule has 0 amide bonds. The first-order valence-corrected chi connectivity index (χ1v) is 10.3.